The largest absolute Gasteiger partial charge is 0.550 e. The molecule has 0 heterocycles. The van der Waals surface area contributed by atoms with Gasteiger partial charge >= 0.3 is 0 Å². The van der Waals surface area contributed by atoms with Crippen LogP contribution in [-0.4, -0.2) is 5.97 Å². The fourth-order valence-electron chi connectivity index (χ4n) is 6.48. The number of carboxylic acid groups (broad SMARTS) is 1. The van der Waals surface area contributed by atoms with E-state index in [1.54, 1.807) is 36.4 Å². The average Bonchev–Trinajstić information content (AvgIpc) is 2.82. The van der Waals surface area contributed by atoms with Crippen molar-refractivity contribution in [1.82, 2.24) is 0 Å². The Hall–Kier alpha value is -2.73. The van der Waals surface area contributed by atoms with Gasteiger partial charge < -0.3 is 9.90 Å². The number of halogens is 3. The van der Waals surface area contributed by atoms with E-state index in [-0.39, 0.29) is 17.5 Å². The van der Waals surface area contributed by atoms with Gasteiger partial charge in [-0.2, -0.15) is 0 Å². The molecule has 0 spiro atoms. The monoisotopic (exact) mass is 496 g/mol. The van der Waals surface area contributed by atoms with E-state index < -0.39 is 22.3 Å². The summed E-state index contributed by atoms with van der Waals surface area (Å²) in [6.45, 7) is 0. The van der Waals surface area contributed by atoms with E-state index in [9.17, 15) is 23.1 Å². The number of carbonyl (C=O) groups is 1. The molecular weight excluding hydrogens is 469 g/mol. The predicted octanol–water partition coefficient (Wildman–Crippen LogP) is 6.15. The first kappa shape index (κ1) is 24.0. The van der Waals surface area contributed by atoms with E-state index in [1.165, 1.54) is 55.7 Å². The lowest BCUT2D eigenvalue weighted by atomic mass is 9.49. The van der Waals surface area contributed by atoms with Crippen molar-refractivity contribution in [2.24, 2.45) is 23.2 Å². The van der Waals surface area contributed by atoms with Crippen LogP contribution in [0.5, 0.6) is 0 Å². The lowest BCUT2D eigenvalue weighted by Gasteiger charge is -2.57. The average molecular weight is 497 g/mol. The lowest BCUT2D eigenvalue weighted by Crippen LogP contribution is -2.54. The van der Waals surface area contributed by atoms with Gasteiger partial charge in [-0.1, -0.05) is 0 Å². The molecule has 6 heteroatoms. The fraction of sp³-hybridized carbons (Fsp3) is 0.345. The van der Waals surface area contributed by atoms with Crippen LogP contribution in [0.2, 0.25) is 0 Å². The second-order valence-corrected chi connectivity index (χ2v) is 12.2. The summed E-state index contributed by atoms with van der Waals surface area (Å²) in [6.07, 6.45) is 6.65. The molecule has 3 aromatic carbocycles. The predicted molar refractivity (Wildman–Crippen MR) is 127 cm³/mol. The number of hydrogen-bond donors (Lipinski definition) is 0. The van der Waals surface area contributed by atoms with E-state index in [2.05, 4.69) is 0 Å². The Labute approximate surface area is 206 Å². The van der Waals surface area contributed by atoms with Gasteiger partial charge in [0.2, 0.25) is 0 Å². The summed E-state index contributed by atoms with van der Waals surface area (Å²) < 4.78 is 39.5. The van der Waals surface area contributed by atoms with Crippen molar-refractivity contribution in [1.29, 1.82) is 0 Å². The summed E-state index contributed by atoms with van der Waals surface area (Å²) in [6, 6.07) is 18.5. The molecule has 0 saturated heterocycles. The van der Waals surface area contributed by atoms with Crippen LogP contribution in [0.3, 0.4) is 0 Å². The highest BCUT2D eigenvalue weighted by Crippen LogP contribution is 2.59. The van der Waals surface area contributed by atoms with E-state index in [1.807, 2.05) is 0 Å². The molecule has 3 aromatic rings. The third-order valence-electron chi connectivity index (χ3n) is 7.62. The van der Waals surface area contributed by atoms with Crippen LogP contribution in [0.15, 0.2) is 87.5 Å². The lowest BCUT2D eigenvalue weighted by molar-refractivity contribution is -0.327. The topological polar surface area (TPSA) is 40.1 Å². The molecule has 4 saturated carbocycles. The van der Waals surface area contributed by atoms with Gasteiger partial charge in [-0.05, 0) is 129 Å². The molecule has 0 unspecified atom stereocenters. The molecule has 0 N–H and O–H groups in total. The Bertz CT molecular complexity index is 1030. The molecule has 0 atom stereocenters. The summed E-state index contributed by atoms with van der Waals surface area (Å²) in [5.74, 6) is 0.436. The molecule has 0 aromatic heterocycles. The quantitative estimate of drug-likeness (QED) is 0.407. The molecule has 4 aliphatic rings. The van der Waals surface area contributed by atoms with Gasteiger partial charge in [0.05, 0.1) is 10.9 Å². The summed E-state index contributed by atoms with van der Waals surface area (Å²) in [7, 11) is -0.539. The standard InChI is InChI=1S/C18H12F3S.C11H16O2/c19-13-1-7-16(8-2-13)22(17-9-3-14(20)4-10-17)18-11-5-15(21)6-12-18;12-10(13)11-4-7-1-8(5-11)3-9(2-7)6-11/h1-12H;7-9H,1-6H2,(H,12,13)/q+1;/p-1. The zero-order chi connectivity index (χ0) is 24.6. The number of rotatable bonds is 4. The molecule has 182 valence electrons. The Morgan fingerprint density at radius 2 is 0.914 bits per heavy atom. The van der Waals surface area contributed by atoms with Crippen LogP contribution in [0.4, 0.5) is 13.2 Å². The maximum absolute atomic E-state index is 13.2. The van der Waals surface area contributed by atoms with Crippen molar-refractivity contribution in [3.05, 3.63) is 90.2 Å². The number of hydrogen-bond acceptors (Lipinski definition) is 2. The van der Waals surface area contributed by atoms with Gasteiger partial charge in [-0.3, -0.25) is 0 Å². The second kappa shape index (κ2) is 9.73. The Morgan fingerprint density at radius 3 is 1.17 bits per heavy atom. The van der Waals surface area contributed by atoms with Crippen molar-refractivity contribution in [3.8, 4) is 0 Å². The minimum Gasteiger partial charge on any atom is -0.550 e. The molecule has 0 radical (unpaired) electrons. The summed E-state index contributed by atoms with van der Waals surface area (Å²) in [5.41, 5.74) is -0.394. The zero-order valence-electron chi connectivity index (χ0n) is 19.3. The minimum atomic E-state index is -0.758. The molecule has 0 amide bonds. The molecular formula is C29H27F3O2S. The van der Waals surface area contributed by atoms with E-state index in [0.29, 0.717) is 17.8 Å². The first-order chi connectivity index (χ1) is 16.8. The molecule has 35 heavy (non-hydrogen) atoms. The SMILES string of the molecule is Fc1ccc([S+](c2ccc(F)cc2)c2ccc(F)cc2)cc1.O=C([O-])C12CC3CC(CC(C3)C1)C2. The number of aliphatic carboxylic acids is 1. The van der Waals surface area contributed by atoms with Crippen molar-refractivity contribution < 1.29 is 23.1 Å². The van der Waals surface area contributed by atoms with Crippen LogP contribution in [0, 0.1) is 40.6 Å². The number of benzene rings is 3. The minimum absolute atomic E-state index is 0.314. The van der Waals surface area contributed by atoms with Crippen LogP contribution in [0.1, 0.15) is 38.5 Å². The fourth-order valence-corrected chi connectivity index (χ4v) is 8.52. The molecule has 2 nitrogen and oxygen atoms in total. The Kier molecular flexibility index (Phi) is 6.67. The Balaban J connectivity index is 0.000000164. The van der Waals surface area contributed by atoms with Gasteiger partial charge in [0.25, 0.3) is 0 Å². The molecule has 0 aliphatic heterocycles. The first-order valence-corrected chi connectivity index (χ1v) is 13.3. The van der Waals surface area contributed by atoms with Gasteiger partial charge in [0.15, 0.2) is 14.7 Å². The van der Waals surface area contributed by atoms with Crippen molar-refractivity contribution in [2.45, 2.75) is 53.2 Å². The maximum Gasteiger partial charge on any atom is 0.166 e. The number of carboxylic acids is 1. The van der Waals surface area contributed by atoms with Crippen molar-refractivity contribution in [3.63, 3.8) is 0 Å². The maximum atomic E-state index is 13.2. The van der Waals surface area contributed by atoms with Gasteiger partial charge in [0.1, 0.15) is 17.5 Å². The first-order valence-electron chi connectivity index (χ1n) is 12.0. The Morgan fingerprint density at radius 1 is 0.629 bits per heavy atom. The van der Waals surface area contributed by atoms with Crippen molar-refractivity contribution >= 4 is 16.9 Å². The summed E-state index contributed by atoms with van der Waals surface area (Å²) in [5, 5.41) is 11.1. The zero-order valence-corrected chi connectivity index (χ0v) is 20.1. The van der Waals surface area contributed by atoms with Crippen LogP contribution < -0.4 is 5.11 Å². The molecule has 7 rings (SSSR count). The summed E-state index contributed by atoms with van der Waals surface area (Å²) >= 11 is 0. The highest BCUT2D eigenvalue weighted by Gasteiger charge is 2.51. The van der Waals surface area contributed by atoms with Crippen LogP contribution in [-0.2, 0) is 15.7 Å². The second-order valence-electron chi connectivity index (χ2n) is 10.2. The highest BCUT2D eigenvalue weighted by atomic mass is 32.2. The third kappa shape index (κ3) is 5.13. The van der Waals surface area contributed by atoms with E-state index in [0.717, 1.165) is 33.9 Å². The normalized spacial score (nSPS) is 26.3. The van der Waals surface area contributed by atoms with Crippen LogP contribution >= 0.6 is 0 Å². The van der Waals surface area contributed by atoms with E-state index in [4.69, 9.17) is 0 Å². The van der Waals surface area contributed by atoms with Gasteiger partial charge in [-0.25, -0.2) is 13.2 Å². The third-order valence-corrected chi connectivity index (χ3v) is 9.85. The van der Waals surface area contributed by atoms with Crippen LogP contribution in [0.25, 0.3) is 0 Å². The van der Waals surface area contributed by atoms with Crippen molar-refractivity contribution in [2.75, 3.05) is 0 Å². The molecule has 4 bridgehead atoms. The van der Waals surface area contributed by atoms with E-state index >= 15 is 0 Å². The summed E-state index contributed by atoms with van der Waals surface area (Å²) in [4.78, 5) is 13.8. The van der Waals surface area contributed by atoms with Gasteiger partial charge in [-0.15, -0.1) is 0 Å². The molecule has 4 fully saturated rings. The molecule has 4 aliphatic carbocycles. The highest BCUT2D eigenvalue weighted by molar-refractivity contribution is 7.97. The number of carbonyl (C=O) groups excluding carboxylic acids is 1. The van der Waals surface area contributed by atoms with Gasteiger partial charge in [0, 0.05) is 11.4 Å². The smallest absolute Gasteiger partial charge is 0.166 e.